The van der Waals surface area contributed by atoms with E-state index in [-0.39, 0.29) is 0 Å². The van der Waals surface area contributed by atoms with Gasteiger partial charge in [-0.15, -0.1) is 0 Å². The summed E-state index contributed by atoms with van der Waals surface area (Å²) >= 11 is 5.28. The molecule has 0 amide bonds. The summed E-state index contributed by atoms with van der Waals surface area (Å²) < 4.78 is 2.85. The van der Waals surface area contributed by atoms with Gasteiger partial charge >= 0.3 is 0 Å². The molecular formula is C14H19N3S. The summed E-state index contributed by atoms with van der Waals surface area (Å²) in [5.41, 5.74) is 2.72. The molecular weight excluding hydrogens is 242 g/mol. The second-order valence-corrected chi connectivity index (χ2v) is 4.91. The Morgan fingerprint density at radius 2 is 2.06 bits per heavy atom. The fourth-order valence-electron chi connectivity index (χ4n) is 2.12. The summed E-state index contributed by atoms with van der Waals surface area (Å²) in [6, 6.07) is 8.49. The van der Waals surface area contributed by atoms with Crippen molar-refractivity contribution in [2.75, 3.05) is 0 Å². The zero-order chi connectivity index (χ0) is 13.0. The fraction of sp³-hybridized carbons (Fsp3) is 0.429. The molecule has 0 bridgehead atoms. The lowest BCUT2D eigenvalue weighted by Gasteiger charge is -2.08. The lowest BCUT2D eigenvalue weighted by atomic mass is 10.1. The van der Waals surface area contributed by atoms with E-state index in [1.54, 1.807) is 0 Å². The standard InChI is InChI=1S/C14H19N3S/c1-3-6-13-15-16-14(18)17(13)10-9-12-8-5-4-7-11(12)2/h4-5,7-8H,3,6,9-10H2,1-2H3,(H,16,18). The molecule has 0 saturated carbocycles. The molecule has 3 nitrogen and oxygen atoms in total. The van der Waals surface area contributed by atoms with Crippen molar-refractivity contribution in [1.82, 2.24) is 14.8 Å². The number of hydrogen-bond acceptors (Lipinski definition) is 2. The smallest absolute Gasteiger partial charge is 0.195 e. The van der Waals surface area contributed by atoms with Gasteiger partial charge in [-0.2, -0.15) is 5.10 Å². The summed E-state index contributed by atoms with van der Waals surface area (Å²) in [6.07, 6.45) is 3.06. The van der Waals surface area contributed by atoms with Crippen LogP contribution in [0.3, 0.4) is 0 Å². The van der Waals surface area contributed by atoms with Crippen molar-refractivity contribution in [3.05, 3.63) is 46.0 Å². The van der Waals surface area contributed by atoms with Crippen LogP contribution < -0.4 is 0 Å². The first kappa shape index (κ1) is 13.0. The number of nitrogens with one attached hydrogen (secondary N) is 1. The Balaban J connectivity index is 2.13. The topological polar surface area (TPSA) is 33.6 Å². The van der Waals surface area contributed by atoms with Crippen molar-refractivity contribution >= 4 is 12.2 Å². The lowest BCUT2D eigenvalue weighted by molar-refractivity contribution is 0.635. The van der Waals surface area contributed by atoms with Gasteiger partial charge in [-0.3, -0.25) is 5.10 Å². The molecule has 0 spiro atoms. The summed E-state index contributed by atoms with van der Waals surface area (Å²) in [7, 11) is 0. The largest absolute Gasteiger partial charge is 0.304 e. The zero-order valence-electron chi connectivity index (χ0n) is 10.9. The van der Waals surface area contributed by atoms with E-state index in [9.17, 15) is 0 Å². The van der Waals surface area contributed by atoms with E-state index < -0.39 is 0 Å². The fourth-order valence-corrected chi connectivity index (χ4v) is 2.36. The first-order valence-corrected chi connectivity index (χ1v) is 6.81. The highest BCUT2D eigenvalue weighted by Crippen LogP contribution is 2.10. The lowest BCUT2D eigenvalue weighted by Crippen LogP contribution is -2.07. The van der Waals surface area contributed by atoms with Crippen LogP contribution in [0.15, 0.2) is 24.3 Å². The quantitative estimate of drug-likeness (QED) is 0.836. The van der Waals surface area contributed by atoms with E-state index in [0.29, 0.717) is 0 Å². The maximum atomic E-state index is 5.28. The van der Waals surface area contributed by atoms with Crippen LogP contribution in [0, 0.1) is 11.7 Å². The van der Waals surface area contributed by atoms with Gasteiger partial charge in [0.1, 0.15) is 5.82 Å². The minimum Gasteiger partial charge on any atom is -0.304 e. The number of aromatic nitrogens is 3. The monoisotopic (exact) mass is 261 g/mol. The molecule has 1 N–H and O–H groups in total. The van der Waals surface area contributed by atoms with E-state index in [0.717, 1.165) is 36.4 Å². The average molecular weight is 261 g/mol. The number of nitrogens with zero attached hydrogens (tertiary/aromatic N) is 2. The van der Waals surface area contributed by atoms with Crippen LogP contribution >= 0.6 is 12.2 Å². The number of aryl methyl sites for hydroxylation is 3. The Hall–Kier alpha value is -1.42. The van der Waals surface area contributed by atoms with Crippen LogP contribution in [-0.4, -0.2) is 14.8 Å². The third kappa shape index (κ3) is 2.88. The molecule has 0 radical (unpaired) electrons. The van der Waals surface area contributed by atoms with E-state index in [4.69, 9.17) is 12.2 Å². The molecule has 0 unspecified atom stereocenters. The van der Waals surface area contributed by atoms with Gasteiger partial charge in [0.25, 0.3) is 0 Å². The molecule has 1 aromatic heterocycles. The number of benzene rings is 1. The number of hydrogen-bond donors (Lipinski definition) is 1. The molecule has 96 valence electrons. The first-order chi connectivity index (χ1) is 8.72. The highest BCUT2D eigenvalue weighted by molar-refractivity contribution is 7.71. The minimum atomic E-state index is 0.729. The van der Waals surface area contributed by atoms with Crippen LogP contribution in [0.1, 0.15) is 30.3 Å². The SMILES string of the molecule is CCCc1n[nH]c(=S)n1CCc1ccccc1C. The van der Waals surface area contributed by atoms with Gasteiger partial charge in [-0.1, -0.05) is 31.2 Å². The van der Waals surface area contributed by atoms with E-state index in [1.165, 1.54) is 11.1 Å². The highest BCUT2D eigenvalue weighted by Gasteiger charge is 2.05. The van der Waals surface area contributed by atoms with Crippen LogP contribution in [0.4, 0.5) is 0 Å². The van der Waals surface area contributed by atoms with Gasteiger partial charge in [0.05, 0.1) is 0 Å². The Bertz CT molecular complexity index is 568. The molecule has 2 rings (SSSR count). The zero-order valence-corrected chi connectivity index (χ0v) is 11.8. The molecule has 1 heterocycles. The van der Waals surface area contributed by atoms with Gasteiger partial charge in [-0.25, -0.2) is 0 Å². The molecule has 0 atom stereocenters. The molecule has 0 aliphatic carbocycles. The van der Waals surface area contributed by atoms with Crippen molar-refractivity contribution < 1.29 is 0 Å². The third-order valence-corrected chi connectivity index (χ3v) is 3.49. The van der Waals surface area contributed by atoms with Crippen molar-refractivity contribution in [3.63, 3.8) is 0 Å². The Morgan fingerprint density at radius 3 is 2.78 bits per heavy atom. The summed E-state index contributed by atoms with van der Waals surface area (Å²) in [6.45, 7) is 5.20. The maximum Gasteiger partial charge on any atom is 0.195 e. The van der Waals surface area contributed by atoms with E-state index in [1.807, 2.05) is 0 Å². The summed E-state index contributed by atoms with van der Waals surface area (Å²) in [5.74, 6) is 1.07. The average Bonchev–Trinajstić information content (AvgIpc) is 2.70. The number of rotatable bonds is 5. The van der Waals surface area contributed by atoms with E-state index in [2.05, 4.69) is 52.9 Å². The predicted octanol–water partition coefficient (Wildman–Crippen LogP) is 3.44. The Morgan fingerprint density at radius 1 is 1.28 bits per heavy atom. The second-order valence-electron chi connectivity index (χ2n) is 4.52. The third-order valence-electron chi connectivity index (χ3n) is 3.18. The van der Waals surface area contributed by atoms with Gasteiger partial charge in [0.15, 0.2) is 4.77 Å². The van der Waals surface area contributed by atoms with Gasteiger partial charge in [0.2, 0.25) is 0 Å². The van der Waals surface area contributed by atoms with Crippen molar-refractivity contribution in [3.8, 4) is 0 Å². The van der Waals surface area contributed by atoms with Gasteiger partial charge < -0.3 is 4.57 Å². The molecule has 18 heavy (non-hydrogen) atoms. The molecule has 1 aromatic carbocycles. The molecule has 2 aromatic rings. The first-order valence-electron chi connectivity index (χ1n) is 6.41. The van der Waals surface area contributed by atoms with Crippen molar-refractivity contribution in [2.24, 2.45) is 0 Å². The van der Waals surface area contributed by atoms with Crippen LogP contribution in [-0.2, 0) is 19.4 Å². The molecule has 0 fully saturated rings. The van der Waals surface area contributed by atoms with Gasteiger partial charge in [-0.05, 0) is 43.1 Å². The molecule has 0 aliphatic heterocycles. The van der Waals surface area contributed by atoms with Crippen molar-refractivity contribution in [2.45, 2.75) is 39.7 Å². The highest BCUT2D eigenvalue weighted by atomic mass is 32.1. The Labute approximate surface area is 113 Å². The Kier molecular flexibility index (Phi) is 4.31. The summed E-state index contributed by atoms with van der Waals surface area (Å²) in [4.78, 5) is 0. The maximum absolute atomic E-state index is 5.28. The van der Waals surface area contributed by atoms with Crippen LogP contribution in [0.2, 0.25) is 0 Å². The molecule has 4 heteroatoms. The van der Waals surface area contributed by atoms with Gasteiger partial charge in [0, 0.05) is 13.0 Å². The molecule has 0 saturated heterocycles. The van der Waals surface area contributed by atoms with E-state index >= 15 is 0 Å². The second kappa shape index (κ2) is 5.96. The normalized spacial score (nSPS) is 10.8. The minimum absolute atomic E-state index is 0.729. The van der Waals surface area contributed by atoms with Crippen LogP contribution in [0.5, 0.6) is 0 Å². The number of aromatic amines is 1. The molecule has 0 aliphatic rings. The summed E-state index contributed by atoms with van der Waals surface area (Å²) in [5, 5.41) is 7.17. The van der Waals surface area contributed by atoms with Crippen molar-refractivity contribution in [1.29, 1.82) is 0 Å². The predicted molar refractivity (Wildman–Crippen MR) is 76.3 cm³/mol. The number of H-pyrrole nitrogens is 1. The van der Waals surface area contributed by atoms with Crippen LogP contribution in [0.25, 0.3) is 0 Å².